The Morgan fingerprint density at radius 1 is 1.08 bits per heavy atom. The van der Waals surface area contributed by atoms with Gasteiger partial charge < -0.3 is 0 Å². The molecule has 0 N–H and O–H groups in total. The second-order valence-corrected chi connectivity index (χ2v) is 5.82. The molecule has 0 bridgehead atoms. The van der Waals surface area contributed by atoms with Gasteiger partial charge >= 0.3 is 0 Å². The Balaban J connectivity index is 2.14. The first-order valence-electron chi connectivity index (χ1n) is 7.69. The molecule has 0 aliphatic rings. The SMILES string of the molecule is CC(=Nn1c(C)cc(C)c(C#N)c1=O)c1ccc2ccccc2c1. The van der Waals surface area contributed by atoms with Crippen molar-refractivity contribution >= 4 is 16.5 Å². The second-order valence-electron chi connectivity index (χ2n) is 5.82. The van der Waals surface area contributed by atoms with Gasteiger partial charge in [-0.2, -0.15) is 10.4 Å². The van der Waals surface area contributed by atoms with Crippen LogP contribution in [0.3, 0.4) is 0 Å². The summed E-state index contributed by atoms with van der Waals surface area (Å²) < 4.78 is 1.30. The molecule has 0 saturated heterocycles. The molecule has 1 aromatic heterocycles. The van der Waals surface area contributed by atoms with Crippen LogP contribution in [0.25, 0.3) is 10.8 Å². The van der Waals surface area contributed by atoms with Gasteiger partial charge in [0, 0.05) is 5.69 Å². The smallest absolute Gasteiger partial charge is 0.266 e. The molecule has 0 aliphatic heterocycles. The summed E-state index contributed by atoms with van der Waals surface area (Å²) in [6, 6.07) is 17.9. The predicted molar refractivity (Wildman–Crippen MR) is 96.4 cm³/mol. The predicted octanol–water partition coefficient (Wildman–Crippen LogP) is 3.76. The van der Waals surface area contributed by atoms with E-state index in [4.69, 9.17) is 0 Å². The number of fused-ring (bicyclic) bond motifs is 1. The third kappa shape index (κ3) is 2.72. The van der Waals surface area contributed by atoms with Gasteiger partial charge in [0.25, 0.3) is 5.56 Å². The summed E-state index contributed by atoms with van der Waals surface area (Å²) in [4.78, 5) is 12.5. The first kappa shape index (κ1) is 15.7. The minimum Gasteiger partial charge on any atom is -0.266 e. The molecule has 4 heteroatoms. The number of aryl methyl sites for hydroxylation is 2. The minimum atomic E-state index is -0.380. The number of hydrogen-bond acceptors (Lipinski definition) is 3. The van der Waals surface area contributed by atoms with Crippen molar-refractivity contribution in [3.8, 4) is 6.07 Å². The highest BCUT2D eigenvalue weighted by molar-refractivity contribution is 6.01. The number of benzene rings is 2. The normalized spacial score (nSPS) is 11.5. The van der Waals surface area contributed by atoms with E-state index in [0.29, 0.717) is 11.3 Å². The van der Waals surface area contributed by atoms with Crippen molar-refractivity contribution in [2.24, 2.45) is 5.10 Å². The summed E-state index contributed by atoms with van der Waals surface area (Å²) in [5.74, 6) is 0. The number of hydrogen-bond donors (Lipinski definition) is 0. The number of nitriles is 1. The number of pyridine rings is 1. The van der Waals surface area contributed by atoms with Gasteiger partial charge in [-0.1, -0.05) is 36.4 Å². The molecule has 3 rings (SSSR count). The average molecular weight is 315 g/mol. The molecule has 0 aliphatic carbocycles. The van der Waals surface area contributed by atoms with Gasteiger partial charge in [0.15, 0.2) is 0 Å². The summed E-state index contributed by atoms with van der Waals surface area (Å²) in [5.41, 5.74) is 2.80. The van der Waals surface area contributed by atoms with Crippen LogP contribution in [0.4, 0.5) is 0 Å². The van der Waals surface area contributed by atoms with Crippen molar-refractivity contribution in [1.29, 1.82) is 5.26 Å². The zero-order chi connectivity index (χ0) is 17.3. The molecule has 0 atom stereocenters. The molecule has 118 valence electrons. The van der Waals surface area contributed by atoms with Gasteiger partial charge in [0.05, 0.1) is 5.71 Å². The van der Waals surface area contributed by atoms with E-state index in [-0.39, 0.29) is 11.1 Å². The molecule has 0 fully saturated rings. The molecule has 0 radical (unpaired) electrons. The molecule has 1 heterocycles. The average Bonchev–Trinajstić information content (AvgIpc) is 2.58. The van der Waals surface area contributed by atoms with E-state index >= 15 is 0 Å². The molecular formula is C20H17N3O. The summed E-state index contributed by atoms with van der Waals surface area (Å²) in [7, 11) is 0. The van der Waals surface area contributed by atoms with Crippen LogP contribution in [0.1, 0.15) is 29.3 Å². The van der Waals surface area contributed by atoms with Crippen LogP contribution >= 0.6 is 0 Å². The fourth-order valence-electron chi connectivity index (χ4n) is 2.76. The van der Waals surface area contributed by atoms with E-state index in [0.717, 1.165) is 22.0 Å². The highest BCUT2D eigenvalue weighted by Gasteiger charge is 2.10. The lowest BCUT2D eigenvalue weighted by Crippen LogP contribution is -2.23. The third-order valence-corrected chi connectivity index (χ3v) is 4.09. The zero-order valence-corrected chi connectivity index (χ0v) is 13.9. The molecule has 2 aromatic carbocycles. The summed E-state index contributed by atoms with van der Waals surface area (Å²) in [5, 5.41) is 15.9. The van der Waals surface area contributed by atoms with Crippen LogP contribution in [0.5, 0.6) is 0 Å². The molecule has 0 unspecified atom stereocenters. The Hall–Kier alpha value is -3.19. The van der Waals surface area contributed by atoms with Crippen LogP contribution < -0.4 is 5.56 Å². The van der Waals surface area contributed by atoms with Crippen molar-refractivity contribution in [2.75, 3.05) is 0 Å². The topological polar surface area (TPSA) is 58.1 Å². The molecule has 0 amide bonds. The van der Waals surface area contributed by atoms with Gasteiger partial charge in [-0.25, -0.2) is 4.68 Å². The van der Waals surface area contributed by atoms with E-state index in [1.807, 2.05) is 56.3 Å². The Labute approximate surface area is 140 Å². The lowest BCUT2D eigenvalue weighted by Gasteiger charge is -2.09. The second kappa shape index (κ2) is 6.13. The van der Waals surface area contributed by atoms with E-state index in [1.165, 1.54) is 4.68 Å². The Kier molecular flexibility index (Phi) is 4.01. The number of aromatic nitrogens is 1. The molecule has 0 saturated carbocycles. The van der Waals surface area contributed by atoms with E-state index in [1.54, 1.807) is 13.0 Å². The number of rotatable bonds is 2. The van der Waals surface area contributed by atoms with E-state index in [2.05, 4.69) is 11.2 Å². The fraction of sp³-hybridized carbons (Fsp3) is 0.150. The van der Waals surface area contributed by atoms with Gasteiger partial charge in [-0.15, -0.1) is 0 Å². The highest BCUT2D eigenvalue weighted by atomic mass is 16.1. The monoisotopic (exact) mass is 315 g/mol. The highest BCUT2D eigenvalue weighted by Crippen LogP contribution is 2.16. The first-order valence-corrected chi connectivity index (χ1v) is 7.69. The lowest BCUT2D eigenvalue weighted by atomic mass is 10.0. The van der Waals surface area contributed by atoms with Crippen molar-refractivity contribution < 1.29 is 0 Å². The maximum atomic E-state index is 12.5. The molecule has 4 nitrogen and oxygen atoms in total. The van der Waals surface area contributed by atoms with Crippen LogP contribution in [0, 0.1) is 25.2 Å². The van der Waals surface area contributed by atoms with Crippen molar-refractivity contribution in [1.82, 2.24) is 4.68 Å². The number of nitrogens with zero attached hydrogens (tertiary/aromatic N) is 3. The molecule has 0 spiro atoms. The maximum absolute atomic E-state index is 12.5. The molecular weight excluding hydrogens is 298 g/mol. The van der Waals surface area contributed by atoms with Crippen LogP contribution in [-0.2, 0) is 0 Å². The van der Waals surface area contributed by atoms with Crippen LogP contribution in [0.2, 0.25) is 0 Å². The van der Waals surface area contributed by atoms with Crippen LogP contribution in [0.15, 0.2) is 58.4 Å². The zero-order valence-electron chi connectivity index (χ0n) is 13.9. The van der Waals surface area contributed by atoms with Gasteiger partial charge in [0.1, 0.15) is 11.6 Å². The van der Waals surface area contributed by atoms with Crippen LogP contribution in [-0.4, -0.2) is 10.4 Å². The summed E-state index contributed by atoms with van der Waals surface area (Å²) in [6.45, 7) is 5.44. The molecule has 3 aromatic rings. The van der Waals surface area contributed by atoms with Gasteiger partial charge in [-0.05, 0) is 54.8 Å². The third-order valence-electron chi connectivity index (χ3n) is 4.09. The quantitative estimate of drug-likeness (QED) is 0.676. The summed E-state index contributed by atoms with van der Waals surface area (Å²) in [6.07, 6.45) is 0. The van der Waals surface area contributed by atoms with Gasteiger partial charge in [-0.3, -0.25) is 4.79 Å². The first-order chi connectivity index (χ1) is 11.5. The van der Waals surface area contributed by atoms with E-state index < -0.39 is 0 Å². The Bertz CT molecular complexity index is 1070. The summed E-state index contributed by atoms with van der Waals surface area (Å²) >= 11 is 0. The van der Waals surface area contributed by atoms with Crippen molar-refractivity contribution in [3.05, 3.63) is 81.3 Å². The Morgan fingerprint density at radius 3 is 2.50 bits per heavy atom. The standard InChI is InChI=1S/C20H17N3O/c1-13-10-14(2)23(20(24)19(13)12-21)22-15(3)17-9-8-16-6-4-5-7-18(16)11-17/h4-11H,1-3H3. The van der Waals surface area contributed by atoms with Gasteiger partial charge in [0.2, 0.25) is 0 Å². The fourth-order valence-corrected chi connectivity index (χ4v) is 2.76. The largest absolute Gasteiger partial charge is 0.289 e. The van der Waals surface area contributed by atoms with Crippen molar-refractivity contribution in [2.45, 2.75) is 20.8 Å². The maximum Gasteiger partial charge on any atom is 0.289 e. The molecule has 24 heavy (non-hydrogen) atoms. The minimum absolute atomic E-state index is 0.135. The Morgan fingerprint density at radius 2 is 1.79 bits per heavy atom. The lowest BCUT2D eigenvalue weighted by molar-refractivity contribution is 0.781. The van der Waals surface area contributed by atoms with Crippen molar-refractivity contribution in [3.63, 3.8) is 0 Å². The van der Waals surface area contributed by atoms with E-state index in [9.17, 15) is 10.1 Å².